The molecule has 2 unspecified atom stereocenters. The van der Waals surface area contributed by atoms with Gasteiger partial charge in [0, 0.05) is 6.42 Å². The van der Waals surface area contributed by atoms with Gasteiger partial charge in [-0.15, -0.1) is 0 Å². The van der Waals surface area contributed by atoms with E-state index >= 15 is 0 Å². The third kappa shape index (κ3) is 35.9. The molecule has 48 heavy (non-hydrogen) atoms. The second-order valence-electron chi connectivity index (χ2n) is 14.4. The summed E-state index contributed by atoms with van der Waals surface area (Å²) in [7, 11) is 0. The number of nitrogens with one attached hydrogen (secondary N) is 1. The molecule has 0 aromatic heterocycles. The summed E-state index contributed by atoms with van der Waals surface area (Å²) in [6.07, 6.45) is 52.5. The van der Waals surface area contributed by atoms with Gasteiger partial charge in [-0.25, -0.2) is 0 Å². The number of amides is 1. The third-order valence-corrected chi connectivity index (χ3v) is 9.63. The molecule has 0 saturated heterocycles. The van der Waals surface area contributed by atoms with Crippen LogP contribution in [0.5, 0.6) is 0 Å². The molecule has 0 aliphatic carbocycles. The molecule has 0 saturated carbocycles. The van der Waals surface area contributed by atoms with E-state index in [9.17, 15) is 15.0 Å². The normalized spacial score (nSPS) is 13.3. The summed E-state index contributed by atoms with van der Waals surface area (Å²) in [5.41, 5.74) is 0. The van der Waals surface area contributed by atoms with Crippen LogP contribution in [0.2, 0.25) is 0 Å². The average molecular weight is 674 g/mol. The van der Waals surface area contributed by atoms with Crippen molar-refractivity contribution in [3.8, 4) is 0 Å². The Morgan fingerprint density at radius 2 is 0.917 bits per heavy atom. The molecule has 4 heteroatoms. The molecule has 0 radical (unpaired) electrons. The van der Waals surface area contributed by atoms with Crippen LogP contribution < -0.4 is 5.32 Å². The minimum absolute atomic E-state index is 0.0645. The minimum atomic E-state index is -0.837. The van der Waals surface area contributed by atoms with Crippen molar-refractivity contribution >= 4 is 5.91 Å². The van der Waals surface area contributed by atoms with Crippen molar-refractivity contribution in [3.63, 3.8) is 0 Å². The van der Waals surface area contributed by atoms with Gasteiger partial charge in [-0.2, -0.15) is 0 Å². The number of aliphatic hydroxyl groups excluding tert-OH is 2. The molecule has 2 atom stereocenters. The quantitative estimate of drug-likeness (QED) is 0.0451. The lowest BCUT2D eigenvalue weighted by molar-refractivity contribution is -0.123. The number of carbonyl (C=O) groups excluding carboxylic acids is 1. The van der Waals surface area contributed by atoms with Gasteiger partial charge in [-0.3, -0.25) is 4.79 Å². The second-order valence-corrected chi connectivity index (χ2v) is 14.4. The Bertz CT molecular complexity index is 731. The van der Waals surface area contributed by atoms with Crippen LogP contribution in [0.1, 0.15) is 219 Å². The SMILES string of the molecule is CC/C=C\C/C=C\CCCCCCCCCCCCCCCCC(=O)NC(CO)C(O)/C=C/CCCCCCCCCCCCCCC. The van der Waals surface area contributed by atoms with E-state index in [0.717, 1.165) is 38.5 Å². The Kier molecular flexibility index (Phi) is 38.9. The van der Waals surface area contributed by atoms with Gasteiger partial charge in [0.05, 0.1) is 18.8 Å². The van der Waals surface area contributed by atoms with Crippen LogP contribution in [0.3, 0.4) is 0 Å². The molecule has 0 aromatic carbocycles. The van der Waals surface area contributed by atoms with Crippen molar-refractivity contribution in [1.82, 2.24) is 5.32 Å². The van der Waals surface area contributed by atoms with Crippen LogP contribution in [0.25, 0.3) is 0 Å². The molecular weight excluding hydrogens is 590 g/mol. The molecule has 0 aliphatic rings. The Balaban J connectivity index is 3.54. The fourth-order valence-electron chi connectivity index (χ4n) is 6.39. The first-order chi connectivity index (χ1) is 23.7. The predicted octanol–water partition coefficient (Wildman–Crippen LogP) is 13.0. The van der Waals surface area contributed by atoms with Gasteiger partial charge in [0.15, 0.2) is 0 Å². The predicted molar refractivity (Wildman–Crippen MR) is 212 cm³/mol. The van der Waals surface area contributed by atoms with Gasteiger partial charge in [0.25, 0.3) is 0 Å². The maximum atomic E-state index is 12.4. The van der Waals surface area contributed by atoms with Crippen LogP contribution >= 0.6 is 0 Å². The molecule has 0 rings (SSSR count). The summed E-state index contributed by atoms with van der Waals surface area (Å²) in [4.78, 5) is 12.4. The summed E-state index contributed by atoms with van der Waals surface area (Å²) in [5, 5.41) is 23.0. The van der Waals surface area contributed by atoms with Crippen LogP contribution in [0.15, 0.2) is 36.5 Å². The maximum Gasteiger partial charge on any atom is 0.220 e. The van der Waals surface area contributed by atoms with E-state index in [-0.39, 0.29) is 12.5 Å². The summed E-state index contributed by atoms with van der Waals surface area (Å²) >= 11 is 0. The van der Waals surface area contributed by atoms with Crippen LogP contribution in [-0.4, -0.2) is 34.9 Å². The second kappa shape index (κ2) is 40.0. The van der Waals surface area contributed by atoms with Crippen molar-refractivity contribution in [2.24, 2.45) is 0 Å². The molecule has 0 spiro atoms. The highest BCUT2D eigenvalue weighted by Gasteiger charge is 2.17. The van der Waals surface area contributed by atoms with E-state index in [1.165, 1.54) is 161 Å². The Labute approximate surface area is 300 Å². The smallest absolute Gasteiger partial charge is 0.220 e. The van der Waals surface area contributed by atoms with Crippen molar-refractivity contribution in [2.75, 3.05) is 6.61 Å². The molecule has 0 aliphatic heterocycles. The zero-order valence-corrected chi connectivity index (χ0v) is 32.3. The molecule has 4 nitrogen and oxygen atoms in total. The Hall–Kier alpha value is -1.39. The van der Waals surface area contributed by atoms with Crippen LogP contribution in [0, 0.1) is 0 Å². The Morgan fingerprint density at radius 3 is 1.35 bits per heavy atom. The van der Waals surface area contributed by atoms with E-state index in [1.54, 1.807) is 6.08 Å². The van der Waals surface area contributed by atoms with Crippen molar-refractivity contribution < 1.29 is 15.0 Å². The van der Waals surface area contributed by atoms with Crippen molar-refractivity contribution in [1.29, 1.82) is 0 Å². The topological polar surface area (TPSA) is 69.6 Å². The summed E-state index contributed by atoms with van der Waals surface area (Å²) in [5.74, 6) is -0.0645. The molecule has 3 N–H and O–H groups in total. The molecular formula is C44H83NO3. The zero-order valence-electron chi connectivity index (χ0n) is 32.3. The average Bonchev–Trinajstić information content (AvgIpc) is 3.09. The van der Waals surface area contributed by atoms with Crippen LogP contribution in [-0.2, 0) is 4.79 Å². The van der Waals surface area contributed by atoms with E-state index in [0.29, 0.717) is 6.42 Å². The minimum Gasteiger partial charge on any atom is -0.394 e. The molecule has 0 aromatic rings. The van der Waals surface area contributed by atoms with Crippen molar-refractivity contribution in [2.45, 2.75) is 231 Å². The first kappa shape index (κ1) is 46.6. The summed E-state index contributed by atoms with van der Waals surface area (Å²) in [6, 6.07) is -0.620. The van der Waals surface area contributed by atoms with E-state index < -0.39 is 12.1 Å². The highest BCUT2D eigenvalue weighted by atomic mass is 16.3. The number of unbranched alkanes of at least 4 members (excludes halogenated alkanes) is 27. The fourth-order valence-corrected chi connectivity index (χ4v) is 6.39. The van der Waals surface area contributed by atoms with Crippen LogP contribution in [0.4, 0.5) is 0 Å². The van der Waals surface area contributed by atoms with E-state index in [1.807, 2.05) is 6.08 Å². The fraction of sp³-hybridized carbons (Fsp3) is 0.841. The lowest BCUT2D eigenvalue weighted by Crippen LogP contribution is -2.45. The van der Waals surface area contributed by atoms with Gasteiger partial charge < -0.3 is 15.5 Å². The number of carbonyl (C=O) groups is 1. The van der Waals surface area contributed by atoms with E-state index in [4.69, 9.17) is 0 Å². The third-order valence-electron chi connectivity index (χ3n) is 9.63. The number of hydrogen-bond donors (Lipinski definition) is 3. The molecule has 1 amide bonds. The maximum absolute atomic E-state index is 12.4. The largest absolute Gasteiger partial charge is 0.394 e. The molecule has 0 fully saturated rings. The summed E-state index contributed by atoms with van der Waals surface area (Å²) in [6.45, 7) is 4.21. The highest BCUT2D eigenvalue weighted by molar-refractivity contribution is 5.76. The van der Waals surface area contributed by atoms with E-state index in [2.05, 4.69) is 43.5 Å². The Morgan fingerprint density at radius 1 is 0.521 bits per heavy atom. The number of hydrogen-bond acceptors (Lipinski definition) is 3. The van der Waals surface area contributed by atoms with Gasteiger partial charge in [-0.05, 0) is 44.9 Å². The number of allylic oxidation sites excluding steroid dienone is 5. The molecule has 0 bridgehead atoms. The standard InChI is InChI=1S/C44H83NO3/c1-3-5-7-9-11-13-15-17-19-20-21-22-23-24-26-28-30-32-34-36-38-40-44(48)45-42(41-46)43(47)39-37-35-33-31-29-27-25-18-16-14-12-10-8-6-4-2/h5,7,11,13,37,39,42-43,46-47H,3-4,6,8-10,12,14-36,38,40-41H2,1-2H3,(H,45,48)/b7-5-,13-11-,39-37+. The molecule has 282 valence electrons. The summed E-state index contributed by atoms with van der Waals surface area (Å²) < 4.78 is 0. The lowest BCUT2D eigenvalue weighted by Gasteiger charge is -2.20. The number of aliphatic hydroxyl groups is 2. The van der Waals surface area contributed by atoms with Gasteiger partial charge >= 0.3 is 0 Å². The first-order valence-corrected chi connectivity index (χ1v) is 21.2. The van der Waals surface area contributed by atoms with Crippen molar-refractivity contribution in [3.05, 3.63) is 36.5 Å². The lowest BCUT2D eigenvalue weighted by atomic mass is 10.0. The monoisotopic (exact) mass is 674 g/mol. The number of rotatable bonds is 38. The van der Waals surface area contributed by atoms with Gasteiger partial charge in [0.2, 0.25) is 5.91 Å². The molecule has 0 heterocycles. The zero-order chi connectivity index (χ0) is 35.0. The highest BCUT2D eigenvalue weighted by Crippen LogP contribution is 2.15. The van der Waals surface area contributed by atoms with Gasteiger partial charge in [0.1, 0.15) is 0 Å². The van der Waals surface area contributed by atoms with Gasteiger partial charge in [-0.1, -0.05) is 204 Å². The first-order valence-electron chi connectivity index (χ1n) is 21.2.